The Morgan fingerprint density at radius 2 is 2.09 bits per heavy atom. The van der Waals surface area contributed by atoms with Gasteiger partial charge in [-0.25, -0.2) is 0 Å². The topological polar surface area (TPSA) is 62.7 Å². The van der Waals surface area contributed by atoms with Crippen molar-refractivity contribution in [2.45, 2.75) is 19.9 Å². The van der Waals surface area contributed by atoms with E-state index < -0.39 is 0 Å². The van der Waals surface area contributed by atoms with Crippen molar-refractivity contribution in [3.63, 3.8) is 0 Å². The van der Waals surface area contributed by atoms with Crippen LogP contribution in [0, 0.1) is 10.7 Å². The summed E-state index contributed by atoms with van der Waals surface area (Å²) in [6.45, 7) is 3.98. The van der Waals surface area contributed by atoms with E-state index in [1.807, 2.05) is 13.8 Å². The second-order valence-electron chi connectivity index (χ2n) is 5.27. The molecule has 2 N–H and O–H groups in total. The van der Waals surface area contributed by atoms with Gasteiger partial charge in [-0.1, -0.05) is 37.0 Å². The Hall–Kier alpha value is -1.37. The van der Waals surface area contributed by atoms with Crippen molar-refractivity contribution in [2.24, 2.45) is 13.0 Å². The number of amides is 1. The van der Waals surface area contributed by atoms with Crippen molar-refractivity contribution in [1.82, 2.24) is 20.1 Å². The van der Waals surface area contributed by atoms with Crippen LogP contribution in [0.25, 0.3) is 0 Å². The molecule has 1 heterocycles. The number of carbonyl (C=O) groups is 1. The van der Waals surface area contributed by atoms with Gasteiger partial charge in [-0.2, -0.15) is 5.10 Å². The third kappa shape index (κ3) is 3.51. The van der Waals surface area contributed by atoms with E-state index in [1.165, 1.54) is 6.07 Å². The molecule has 8 heteroatoms. The average Bonchev–Trinajstić information content (AvgIpc) is 2.76. The van der Waals surface area contributed by atoms with Gasteiger partial charge in [0.15, 0.2) is 10.6 Å². The minimum Gasteiger partial charge on any atom is -0.342 e. The van der Waals surface area contributed by atoms with Crippen LogP contribution >= 0.6 is 35.4 Å². The lowest BCUT2D eigenvalue weighted by Crippen LogP contribution is -2.33. The Bertz CT molecular complexity index is 754. The summed E-state index contributed by atoms with van der Waals surface area (Å²) in [5.41, 5.74) is 0.369. The molecule has 0 aliphatic carbocycles. The molecule has 1 amide bonds. The zero-order valence-electron chi connectivity index (χ0n) is 12.4. The molecule has 1 atom stereocenters. The van der Waals surface area contributed by atoms with Gasteiger partial charge >= 0.3 is 0 Å². The first-order valence-electron chi connectivity index (χ1n) is 6.68. The number of benzene rings is 1. The number of aromatic amines is 1. The molecule has 0 saturated carbocycles. The largest absolute Gasteiger partial charge is 0.342 e. The van der Waals surface area contributed by atoms with Gasteiger partial charge in [0.2, 0.25) is 0 Å². The second-order valence-corrected chi connectivity index (χ2v) is 6.50. The molecule has 1 aromatic carbocycles. The molecule has 22 heavy (non-hydrogen) atoms. The van der Waals surface area contributed by atoms with E-state index in [4.69, 9.17) is 35.4 Å². The molecule has 0 radical (unpaired) electrons. The van der Waals surface area contributed by atoms with E-state index in [-0.39, 0.29) is 17.9 Å². The van der Waals surface area contributed by atoms with Gasteiger partial charge in [0, 0.05) is 12.1 Å². The molecule has 0 aliphatic heterocycles. The van der Waals surface area contributed by atoms with Crippen molar-refractivity contribution >= 4 is 41.3 Å². The molecule has 0 unspecified atom stereocenters. The van der Waals surface area contributed by atoms with Crippen molar-refractivity contribution in [1.29, 1.82) is 0 Å². The number of nitrogens with one attached hydrogen (secondary N) is 2. The molecule has 2 aromatic rings. The maximum atomic E-state index is 12.5. The third-order valence-electron chi connectivity index (χ3n) is 3.32. The number of carbonyl (C=O) groups excluding carboxylic acids is 1. The normalized spacial score (nSPS) is 12.5. The van der Waals surface area contributed by atoms with Crippen LogP contribution in [-0.2, 0) is 7.05 Å². The fraction of sp³-hybridized carbons (Fsp3) is 0.357. The van der Waals surface area contributed by atoms with Gasteiger partial charge < -0.3 is 9.88 Å². The number of rotatable bonds is 4. The summed E-state index contributed by atoms with van der Waals surface area (Å²) in [6.07, 6.45) is 0. The van der Waals surface area contributed by atoms with Gasteiger partial charge in [0.05, 0.1) is 16.6 Å². The molecular formula is C14H16Cl2N4OS. The lowest BCUT2D eigenvalue weighted by Gasteiger charge is -2.21. The number of halogens is 2. The number of aromatic nitrogens is 3. The molecule has 0 saturated heterocycles. The van der Waals surface area contributed by atoms with Crippen LogP contribution in [0.5, 0.6) is 0 Å². The minimum atomic E-state index is -0.294. The maximum Gasteiger partial charge on any atom is 0.253 e. The van der Waals surface area contributed by atoms with Crippen LogP contribution in [0.3, 0.4) is 0 Å². The zero-order chi connectivity index (χ0) is 16.4. The summed E-state index contributed by atoms with van der Waals surface area (Å²) < 4.78 is 2.24. The summed E-state index contributed by atoms with van der Waals surface area (Å²) in [4.78, 5) is 12.5. The minimum absolute atomic E-state index is 0.124. The summed E-state index contributed by atoms with van der Waals surface area (Å²) in [5.74, 6) is 0.506. The quantitative estimate of drug-likeness (QED) is 0.814. The fourth-order valence-corrected chi connectivity index (χ4v) is 2.69. The molecular weight excluding hydrogens is 343 g/mol. The van der Waals surface area contributed by atoms with Gasteiger partial charge in [-0.05, 0) is 36.3 Å². The molecule has 2 rings (SSSR count). The first-order chi connectivity index (χ1) is 10.3. The summed E-state index contributed by atoms with van der Waals surface area (Å²) in [7, 11) is 1.80. The van der Waals surface area contributed by atoms with E-state index in [0.717, 1.165) is 0 Å². The van der Waals surface area contributed by atoms with Crippen molar-refractivity contribution in [2.75, 3.05) is 0 Å². The van der Waals surface area contributed by atoms with Crippen LogP contribution in [0.2, 0.25) is 10.0 Å². The van der Waals surface area contributed by atoms with Crippen molar-refractivity contribution < 1.29 is 4.79 Å². The summed E-state index contributed by atoms with van der Waals surface area (Å²) in [6, 6.07) is 4.47. The number of hydrogen-bond donors (Lipinski definition) is 2. The second kappa shape index (κ2) is 6.81. The lowest BCUT2D eigenvalue weighted by atomic mass is 10.0. The Balaban J connectivity index is 2.30. The molecule has 0 fully saturated rings. The van der Waals surface area contributed by atoms with Crippen molar-refractivity contribution in [3.8, 4) is 0 Å². The lowest BCUT2D eigenvalue weighted by molar-refractivity contribution is 0.0922. The Labute approximate surface area is 143 Å². The van der Waals surface area contributed by atoms with E-state index in [2.05, 4.69) is 15.5 Å². The van der Waals surface area contributed by atoms with Gasteiger partial charge in [-0.15, -0.1) is 0 Å². The van der Waals surface area contributed by atoms with Crippen LogP contribution in [0.15, 0.2) is 18.2 Å². The highest BCUT2D eigenvalue weighted by atomic mass is 35.5. The monoisotopic (exact) mass is 358 g/mol. The van der Waals surface area contributed by atoms with Crippen LogP contribution < -0.4 is 5.32 Å². The zero-order valence-corrected chi connectivity index (χ0v) is 14.7. The Morgan fingerprint density at radius 3 is 2.59 bits per heavy atom. The first-order valence-corrected chi connectivity index (χ1v) is 7.85. The summed E-state index contributed by atoms with van der Waals surface area (Å²) in [5, 5.41) is 10.7. The highest BCUT2D eigenvalue weighted by molar-refractivity contribution is 7.71. The highest BCUT2D eigenvalue weighted by Gasteiger charge is 2.24. The predicted molar refractivity (Wildman–Crippen MR) is 89.9 cm³/mol. The van der Waals surface area contributed by atoms with Gasteiger partial charge in [0.1, 0.15) is 0 Å². The van der Waals surface area contributed by atoms with E-state index in [0.29, 0.717) is 26.2 Å². The van der Waals surface area contributed by atoms with Crippen molar-refractivity contribution in [3.05, 3.63) is 44.4 Å². The number of H-pyrrole nitrogens is 1. The SMILES string of the molecule is CC(C)[C@H](NC(=O)c1ccc(Cl)cc1Cl)c1n[nH]c(=S)n1C. The van der Waals surface area contributed by atoms with Crippen LogP contribution in [0.4, 0.5) is 0 Å². The standard InChI is InChI=1S/C14H16Cl2N4OS/c1-7(2)11(12-18-19-14(22)20(12)3)17-13(21)9-5-4-8(15)6-10(9)16/h4-7,11H,1-3H3,(H,17,21)(H,19,22)/t11-/m0/s1. The van der Waals surface area contributed by atoms with Gasteiger partial charge in [0.25, 0.3) is 5.91 Å². The van der Waals surface area contributed by atoms with Crippen LogP contribution in [-0.4, -0.2) is 20.7 Å². The summed E-state index contributed by atoms with van der Waals surface area (Å²) >= 11 is 17.1. The molecule has 5 nitrogen and oxygen atoms in total. The first kappa shape index (κ1) is 17.0. The highest BCUT2D eigenvalue weighted by Crippen LogP contribution is 2.24. The molecule has 0 aliphatic rings. The Morgan fingerprint density at radius 1 is 1.41 bits per heavy atom. The molecule has 118 valence electrons. The third-order valence-corrected chi connectivity index (χ3v) is 4.23. The Kier molecular flexibility index (Phi) is 5.26. The van der Waals surface area contributed by atoms with Crippen LogP contribution in [0.1, 0.15) is 36.1 Å². The van der Waals surface area contributed by atoms with E-state index >= 15 is 0 Å². The number of hydrogen-bond acceptors (Lipinski definition) is 3. The molecule has 0 bridgehead atoms. The van der Waals surface area contributed by atoms with E-state index in [1.54, 1.807) is 23.7 Å². The molecule has 0 spiro atoms. The maximum absolute atomic E-state index is 12.5. The van der Waals surface area contributed by atoms with E-state index in [9.17, 15) is 4.79 Å². The average molecular weight is 359 g/mol. The smallest absolute Gasteiger partial charge is 0.253 e. The predicted octanol–water partition coefficient (Wildman–Crippen LogP) is 3.91. The van der Waals surface area contributed by atoms with Gasteiger partial charge in [-0.3, -0.25) is 9.89 Å². The number of nitrogens with zero attached hydrogens (tertiary/aromatic N) is 2. The molecule has 1 aromatic heterocycles. The fourth-order valence-electron chi connectivity index (χ4n) is 2.06.